The van der Waals surface area contributed by atoms with Crippen molar-refractivity contribution in [2.24, 2.45) is 0 Å². The number of carbonyl (C=O) groups is 1. The van der Waals surface area contributed by atoms with Crippen molar-refractivity contribution >= 4 is 22.6 Å². The van der Waals surface area contributed by atoms with Crippen LogP contribution in [-0.2, 0) is 0 Å². The van der Waals surface area contributed by atoms with E-state index in [2.05, 4.69) is 5.32 Å². The fraction of sp³-hybridized carbons (Fsp3) is 0.231. The van der Waals surface area contributed by atoms with Crippen molar-refractivity contribution < 1.29 is 14.1 Å². The molecule has 7 nitrogen and oxygen atoms in total. The Kier molecular flexibility index (Phi) is 2.74. The largest absolute Gasteiger partial charge is 0.438 e. The van der Waals surface area contributed by atoms with Crippen LogP contribution in [0.2, 0.25) is 0 Å². The summed E-state index contributed by atoms with van der Waals surface area (Å²) in [5, 5.41) is 21.7. The summed E-state index contributed by atoms with van der Waals surface area (Å²) in [4.78, 5) is 22.2. The molecule has 1 aliphatic rings. The minimum atomic E-state index is -0.516. The van der Waals surface area contributed by atoms with Crippen LogP contribution in [0.1, 0.15) is 23.2 Å². The maximum Gasteiger partial charge on any atom is 0.270 e. The fourth-order valence-corrected chi connectivity index (χ4v) is 1.90. The van der Waals surface area contributed by atoms with Crippen molar-refractivity contribution in [3.05, 3.63) is 45.5 Å². The van der Waals surface area contributed by atoms with Gasteiger partial charge in [0.2, 0.25) is 5.55 Å². The normalized spacial score (nSPS) is 14.2. The first-order valence-electron chi connectivity index (χ1n) is 6.12. The number of non-ortho nitro benzene ring substituents is 1. The summed E-state index contributed by atoms with van der Waals surface area (Å²) in [6, 6.07) is 5.67. The Balaban J connectivity index is 2.07. The molecule has 102 valence electrons. The molecule has 3 rings (SSSR count). The van der Waals surface area contributed by atoms with Gasteiger partial charge in [0.15, 0.2) is 0 Å². The summed E-state index contributed by atoms with van der Waals surface area (Å²) in [5.74, 6) is -0.380. The van der Waals surface area contributed by atoms with E-state index >= 15 is 0 Å². The van der Waals surface area contributed by atoms with Crippen molar-refractivity contribution in [2.75, 3.05) is 0 Å². The predicted octanol–water partition coefficient (Wildman–Crippen LogP) is 1.71. The summed E-state index contributed by atoms with van der Waals surface area (Å²) in [6.45, 7) is 0. The van der Waals surface area contributed by atoms with E-state index in [0.717, 1.165) is 12.8 Å². The number of carbonyl (C=O) groups excluding carboxylic acids is 1. The third-order valence-corrected chi connectivity index (χ3v) is 3.12. The molecule has 7 heteroatoms. The Morgan fingerprint density at radius 1 is 1.40 bits per heavy atom. The highest BCUT2D eigenvalue weighted by atomic mass is 16.6. The van der Waals surface area contributed by atoms with Gasteiger partial charge in [-0.2, -0.15) is 0 Å². The van der Waals surface area contributed by atoms with E-state index in [-0.39, 0.29) is 28.8 Å². The molecule has 2 N–H and O–H groups in total. The van der Waals surface area contributed by atoms with E-state index in [4.69, 9.17) is 9.83 Å². The van der Waals surface area contributed by atoms with Gasteiger partial charge in [0, 0.05) is 23.6 Å². The maximum absolute atomic E-state index is 12.0. The Hall–Kier alpha value is -2.70. The Morgan fingerprint density at radius 2 is 2.15 bits per heavy atom. The van der Waals surface area contributed by atoms with Crippen LogP contribution >= 0.6 is 0 Å². The molecule has 2 aromatic rings. The quantitative estimate of drug-likeness (QED) is 0.655. The van der Waals surface area contributed by atoms with E-state index in [0.29, 0.717) is 11.0 Å². The Morgan fingerprint density at radius 3 is 2.80 bits per heavy atom. The zero-order valence-corrected chi connectivity index (χ0v) is 10.4. The lowest BCUT2D eigenvalue weighted by Gasteiger charge is -2.04. The number of nitro groups is 1. The van der Waals surface area contributed by atoms with Gasteiger partial charge in [0.1, 0.15) is 11.1 Å². The van der Waals surface area contributed by atoms with Gasteiger partial charge in [-0.25, -0.2) is 0 Å². The lowest BCUT2D eigenvalue weighted by molar-refractivity contribution is -0.384. The van der Waals surface area contributed by atoms with Gasteiger partial charge in [0.25, 0.3) is 11.6 Å². The van der Waals surface area contributed by atoms with Crippen LogP contribution in [-0.4, -0.2) is 16.9 Å². The number of hydrogen-bond acceptors (Lipinski definition) is 5. The molecule has 1 amide bonds. The standard InChI is InChI=1S/C13H11N3O4/c14-12-10(13(17)15-8-1-2-8)6-7-5-9(16(18)19)3-4-11(7)20-12/h3-6,8,14H,1-2H2,(H,15,17). The van der Waals surface area contributed by atoms with Crippen molar-refractivity contribution in [3.8, 4) is 0 Å². The number of benzene rings is 1. The molecule has 1 fully saturated rings. The summed E-state index contributed by atoms with van der Waals surface area (Å²) in [6.07, 6.45) is 1.88. The van der Waals surface area contributed by atoms with Crippen molar-refractivity contribution in [1.82, 2.24) is 5.32 Å². The first kappa shape index (κ1) is 12.3. The molecule has 1 aliphatic carbocycles. The van der Waals surface area contributed by atoms with E-state index in [1.165, 1.54) is 24.3 Å². The number of nitrogens with zero attached hydrogens (tertiary/aromatic N) is 1. The highest BCUT2D eigenvalue weighted by Crippen LogP contribution is 2.22. The average molecular weight is 273 g/mol. The first-order chi connectivity index (χ1) is 9.54. The Bertz CT molecular complexity index is 777. The molecule has 0 saturated heterocycles. The van der Waals surface area contributed by atoms with Gasteiger partial charge >= 0.3 is 0 Å². The molecule has 0 unspecified atom stereocenters. The monoisotopic (exact) mass is 273 g/mol. The number of hydrogen-bond donors (Lipinski definition) is 2. The van der Waals surface area contributed by atoms with Crippen LogP contribution < -0.4 is 10.9 Å². The lowest BCUT2D eigenvalue weighted by atomic mass is 10.1. The van der Waals surface area contributed by atoms with E-state index in [9.17, 15) is 14.9 Å². The number of rotatable bonds is 3. The van der Waals surface area contributed by atoms with Crippen molar-refractivity contribution in [1.29, 1.82) is 5.41 Å². The van der Waals surface area contributed by atoms with Crippen LogP contribution in [0.25, 0.3) is 11.0 Å². The lowest BCUT2D eigenvalue weighted by Crippen LogP contribution is -2.29. The van der Waals surface area contributed by atoms with Crippen LogP contribution in [0.3, 0.4) is 0 Å². The molecule has 1 heterocycles. The molecule has 1 aromatic heterocycles. The summed E-state index contributed by atoms with van der Waals surface area (Å²) >= 11 is 0. The second kappa shape index (κ2) is 4.44. The highest BCUT2D eigenvalue weighted by Gasteiger charge is 2.25. The Labute approximate surface area is 112 Å². The maximum atomic E-state index is 12.0. The SMILES string of the molecule is N=c1oc2ccc([N+](=O)[O-])cc2cc1C(=O)NC1CC1. The van der Waals surface area contributed by atoms with Crippen LogP contribution in [0, 0.1) is 15.5 Å². The zero-order chi connectivity index (χ0) is 14.3. The molecule has 1 saturated carbocycles. The van der Waals surface area contributed by atoms with Gasteiger partial charge in [-0.05, 0) is 25.0 Å². The molecule has 1 aromatic carbocycles. The van der Waals surface area contributed by atoms with Gasteiger partial charge < -0.3 is 9.73 Å². The minimum Gasteiger partial charge on any atom is -0.438 e. The van der Waals surface area contributed by atoms with Crippen molar-refractivity contribution in [2.45, 2.75) is 18.9 Å². The fourth-order valence-electron chi connectivity index (χ4n) is 1.90. The number of nitrogens with one attached hydrogen (secondary N) is 2. The van der Waals surface area contributed by atoms with Gasteiger partial charge in [-0.3, -0.25) is 20.3 Å². The summed E-state index contributed by atoms with van der Waals surface area (Å²) in [5.41, 5.74) is 0.0944. The molecule has 0 aliphatic heterocycles. The molecular weight excluding hydrogens is 262 g/mol. The zero-order valence-electron chi connectivity index (χ0n) is 10.4. The van der Waals surface area contributed by atoms with Crippen molar-refractivity contribution in [3.63, 3.8) is 0 Å². The highest BCUT2D eigenvalue weighted by molar-refractivity contribution is 5.97. The van der Waals surface area contributed by atoms with E-state index in [1.54, 1.807) is 0 Å². The van der Waals surface area contributed by atoms with Crippen LogP contribution in [0.5, 0.6) is 0 Å². The number of fused-ring (bicyclic) bond motifs is 1. The smallest absolute Gasteiger partial charge is 0.270 e. The summed E-state index contributed by atoms with van der Waals surface area (Å²) in [7, 11) is 0. The predicted molar refractivity (Wildman–Crippen MR) is 69.2 cm³/mol. The van der Waals surface area contributed by atoms with Gasteiger partial charge in [0.05, 0.1) is 4.92 Å². The molecular formula is C13H11N3O4. The van der Waals surface area contributed by atoms with Crippen LogP contribution in [0.15, 0.2) is 28.7 Å². The molecule has 0 bridgehead atoms. The third-order valence-electron chi connectivity index (χ3n) is 3.12. The van der Waals surface area contributed by atoms with Gasteiger partial charge in [-0.15, -0.1) is 0 Å². The minimum absolute atomic E-state index is 0.0843. The second-order valence-corrected chi connectivity index (χ2v) is 4.72. The summed E-state index contributed by atoms with van der Waals surface area (Å²) < 4.78 is 5.23. The van der Waals surface area contributed by atoms with E-state index in [1.807, 2.05) is 0 Å². The van der Waals surface area contributed by atoms with E-state index < -0.39 is 4.92 Å². The van der Waals surface area contributed by atoms with Crippen LogP contribution in [0.4, 0.5) is 5.69 Å². The third kappa shape index (κ3) is 2.25. The molecule has 0 spiro atoms. The van der Waals surface area contributed by atoms with Gasteiger partial charge in [-0.1, -0.05) is 0 Å². The number of amides is 1. The second-order valence-electron chi connectivity index (χ2n) is 4.72. The topological polar surface area (TPSA) is 109 Å². The molecule has 0 radical (unpaired) electrons. The average Bonchev–Trinajstić information content (AvgIpc) is 3.21. The number of nitro benzene ring substituents is 1. The first-order valence-corrected chi connectivity index (χ1v) is 6.12. The molecule has 20 heavy (non-hydrogen) atoms. The molecule has 0 atom stereocenters.